The third-order valence-corrected chi connectivity index (χ3v) is 4.27. The van der Waals surface area contributed by atoms with E-state index in [9.17, 15) is 19.7 Å². The zero-order valence-corrected chi connectivity index (χ0v) is 13.7. The van der Waals surface area contributed by atoms with E-state index in [1.165, 1.54) is 24.3 Å². The Bertz CT molecular complexity index is 752. The molecule has 1 unspecified atom stereocenters. The summed E-state index contributed by atoms with van der Waals surface area (Å²) in [5, 5.41) is 19.0. The van der Waals surface area contributed by atoms with Gasteiger partial charge in [0, 0.05) is 17.7 Å². The number of benzene rings is 2. The summed E-state index contributed by atoms with van der Waals surface area (Å²) in [6.45, 7) is 0. The molecule has 0 aromatic heterocycles. The summed E-state index contributed by atoms with van der Waals surface area (Å²) in [6.07, 6.45) is 0. The van der Waals surface area contributed by atoms with Gasteiger partial charge in [-0.2, -0.15) is 0 Å². The number of nitro groups is 1. The van der Waals surface area contributed by atoms with E-state index >= 15 is 0 Å². The third kappa shape index (κ3) is 5.59. The summed E-state index contributed by atoms with van der Waals surface area (Å²) < 4.78 is 0. The fraction of sp³-hybridized carbons (Fsp3) is 0.125. The fourth-order valence-corrected chi connectivity index (χ4v) is 2.74. The summed E-state index contributed by atoms with van der Waals surface area (Å²) in [4.78, 5) is 33.0. The van der Waals surface area contributed by atoms with E-state index < -0.39 is 22.2 Å². The molecule has 0 radical (unpaired) electrons. The Hall–Kier alpha value is -2.91. The number of rotatable bonds is 8. The van der Waals surface area contributed by atoms with E-state index in [0.29, 0.717) is 0 Å². The Labute approximate surface area is 147 Å². The van der Waals surface area contributed by atoms with E-state index in [1.54, 1.807) is 0 Å². The largest absolute Gasteiger partial charge is 0.481 e. The molecule has 0 bridgehead atoms. The molecule has 8 nitrogen and oxygen atoms in total. The van der Waals surface area contributed by atoms with Crippen LogP contribution in [0.15, 0.2) is 54.6 Å². The first kappa shape index (κ1) is 18.4. The minimum absolute atomic E-state index is 0.108. The van der Waals surface area contributed by atoms with Crippen LogP contribution in [0.5, 0.6) is 0 Å². The van der Waals surface area contributed by atoms with Crippen LogP contribution in [0, 0.1) is 10.1 Å². The second-order valence-corrected chi connectivity index (χ2v) is 5.99. The number of carbonyl (C=O) groups excluding carboxylic acids is 1. The van der Waals surface area contributed by atoms with Gasteiger partial charge in [0.2, 0.25) is 0 Å². The predicted molar refractivity (Wildman–Crippen MR) is 93.0 cm³/mol. The summed E-state index contributed by atoms with van der Waals surface area (Å²) >= 11 is 1.11. The monoisotopic (exact) mass is 361 g/mol. The Morgan fingerprint density at radius 1 is 1.12 bits per heavy atom. The summed E-state index contributed by atoms with van der Waals surface area (Å²) in [5.41, 5.74) is 6.23. The standard InChI is InChI=1S/C16H15N3O5S/c20-14(21)10-25-16(12-4-2-1-3-5-12)18-17-15(22)11-6-8-13(9-7-11)19(23)24/h1-9,16,18H,10H2,(H,17,22)(H,20,21). The molecule has 0 heterocycles. The molecule has 9 heteroatoms. The molecule has 0 saturated carbocycles. The normalized spacial score (nSPS) is 11.5. The minimum atomic E-state index is -0.963. The molecule has 0 fully saturated rings. The van der Waals surface area contributed by atoms with Crippen molar-refractivity contribution in [3.63, 3.8) is 0 Å². The van der Waals surface area contributed by atoms with E-state index in [0.717, 1.165) is 17.3 Å². The zero-order chi connectivity index (χ0) is 18.2. The van der Waals surface area contributed by atoms with Crippen LogP contribution in [-0.2, 0) is 4.79 Å². The molecule has 0 aliphatic carbocycles. The number of nitrogens with zero attached hydrogens (tertiary/aromatic N) is 1. The lowest BCUT2D eigenvalue weighted by molar-refractivity contribution is -0.384. The Morgan fingerprint density at radius 3 is 2.32 bits per heavy atom. The number of hydrogen-bond acceptors (Lipinski definition) is 6. The quantitative estimate of drug-likeness (QED) is 0.375. The number of hydrazine groups is 1. The van der Waals surface area contributed by atoms with Crippen molar-refractivity contribution in [2.24, 2.45) is 0 Å². The highest BCUT2D eigenvalue weighted by Crippen LogP contribution is 2.25. The number of aliphatic carboxylic acids is 1. The molecule has 0 aliphatic rings. The van der Waals surface area contributed by atoms with Crippen LogP contribution >= 0.6 is 11.8 Å². The molecule has 2 aromatic carbocycles. The molecule has 3 N–H and O–H groups in total. The van der Waals surface area contributed by atoms with Gasteiger partial charge in [-0.15, -0.1) is 11.8 Å². The van der Waals surface area contributed by atoms with Crippen molar-refractivity contribution in [3.05, 3.63) is 75.8 Å². The number of amides is 1. The molecule has 0 aliphatic heterocycles. The Kier molecular flexibility index (Phi) is 6.49. The fourth-order valence-electron chi connectivity index (χ4n) is 1.94. The highest BCUT2D eigenvalue weighted by molar-refractivity contribution is 8.00. The average Bonchev–Trinajstić information content (AvgIpc) is 2.62. The number of carboxylic acids is 1. The van der Waals surface area contributed by atoms with Gasteiger partial charge in [-0.3, -0.25) is 25.1 Å². The van der Waals surface area contributed by atoms with Crippen LogP contribution in [0.3, 0.4) is 0 Å². The minimum Gasteiger partial charge on any atom is -0.481 e. The zero-order valence-electron chi connectivity index (χ0n) is 12.9. The van der Waals surface area contributed by atoms with Crippen LogP contribution < -0.4 is 10.9 Å². The van der Waals surface area contributed by atoms with E-state index in [2.05, 4.69) is 10.9 Å². The van der Waals surface area contributed by atoms with Crippen molar-refractivity contribution in [1.29, 1.82) is 0 Å². The van der Waals surface area contributed by atoms with Crippen molar-refractivity contribution >= 4 is 29.3 Å². The second kappa shape index (κ2) is 8.81. The number of carboxylic acid groups (broad SMARTS) is 1. The van der Waals surface area contributed by atoms with Crippen molar-refractivity contribution < 1.29 is 19.6 Å². The van der Waals surface area contributed by atoms with E-state index in [4.69, 9.17) is 5.11 Å². The maximum Gasteiger partial charge on any atom is 0.313 e. The smallest absolute Gasteiger partial charge is 0.313 e. The topological polar surface area (TPSA) is 122 Å². The summed E-state index contributed by atoms with van der Waals surface area (Å²) in [5.74, 6) is -1.58. The van der Waals surface area contributed by atoms with Crippen molar-refractivity contribution in [3.8, 4) is 0 Å². The highest BCUT2D eigenvalue weighted by atomic mass is 32.2. The Balaban J connectivity index is 2.02. The number of thioether (sulfide) groups is 1. The van der Waals surface area contributed by atoms with E-state index in [-0.39, 0.29) is 17.0 Å². The number of nitrogens with one attached hydrogen (secondary N) is 2. The number of hydrogen-bond donors (Lipinski definition) is 3. The SMILES string of the molecule is O=C(O)CSC(NNC(=O)c1ccc([N+](=O)[O-])cc1)c1ccccc1. The van der Waals surface area contributed by atoms with Gasteiger partial charge in [0.05, 0.1) is 16.1 Å². The highest BCUT2D eigenvalue weighted by Gasteiger charge is 2.15. The van der Waals surface area contributed by atoms with Crippen molar-refractivity contribution in [2.75, 3.05) is 5.75 Å². The molecule has 130 valence electrons. The van der Waals surface area contributed by atoms with Gasteiger partial charge in [0.1, 0.15) is 0 Å². The van der Waals surface area contributed by atoms with Gasteiger partial charge < -0.3 is 5.11 Å². The lowest BCUT2D eigenvalue weighted by Crippen LogP contribution is -2.39. The van der Waals surface area contributed by atoms with Crippen molar-refractivity contribution in [2.45, 2.75) is 5.37 Å². The number of carbonyl (C=O) groups is 2. The third-order valence-electron chi connectivity index (χ3n) is 3.13. The Morgan fingerprint density at radius 2 is 1.76 bits per heavy atom. The summed E-state index contributed by atoms with van der Waals surface area (Å²) in [6, 6.07) is 14.2. The van der Waals surface area contributed by atoms with Gasteiger partial charge in [-0.05, 0) is 17.7 Å². The average molecular weight is 361 g/mol. The van der Waals surface area contributed by atoms with Crippen LogP contribution in [0.4, 0.5) is 5.69 Å². The first-order valence-electron chi connectivity index (χ1n) is 7.16. The molecule has 2 aromatic rings. The maximum atomic E-state index is 12.1. The first-order valence-corrected chi connectivity index (χ1v) is 8.21. The molecule has 0 spiro atoms. The molecule has 1 atom stereocenters. The van der Waals surface area contributed by atoms with Gasteiger partial charge in [0.25, 0.3) is 11.6 Å². The number of non-ortho nitro benzene ring substituents is 1. The van der Waals surface area contributed by atoms with Crippen LogP contribution in [0.2, 0.25) is 0 Å². The van der Waals surface area contributed by atoms with Crippen molar-refractivity contribution in [1.82, 2.24) is 10.9 Å². The van der Waals surface area contributed by atoms with Gasteiger partial charge in [-0.1, -0.05) is 30.3 Å². The van der Waals surface area contributed by atoms with Gasteiger partial charge in [-0.25, -0.2) is 5.43 Å². The molecular formula is C16H15N3O5S. The number of nitro benzene ring substituents is 1. The predicted octanol–water partition coefficient (Wildman–Crippen LogP) is 2.35. The molecule has 0 saturated heterocycles. The molecule has 1 amide bonds. The summed E-state index contributed by atoms with van der Waals surface area (Å²) in [7, 11) is 0. The van der Waals surface area contributed by atoms with Gasteiger partial charge in [0.15, 0.2) is 0 Å². The molecule has 25 heavy (non-hydrogen) atoms. The molecular weight excluding hydrogens is 346 g/mol. The van der Waals surface area contributed by atoms with Gasteiger partial charge >= 0.3 is 5.97 Å². The maximum absolute atomic E-state index is 12.1. The van der Waals surface area contributed by atoms with Crippen LogP contribution in [-0.4, -0.2) is 27.7 Å². The lowest BCUT2D eigenvalue weighted by Gasteiger charge is -2.18. The second-order valence-electron chi connectivity index (χ2n) is 4.90. The first-order chi connectivity index (χ1) is 12.0. The van der Waals surface area contributed by atoms with E-state index in [1.807, 2.05) is 30.3 Å². The van der Waals surface area contributed by atoms with Crippen LogP contribution in [0.25, 0.3) is 0 Å². The van der Waals surface area contributed by atoms with Crippen LogP contribution in [0.1, 0.15) is 21.3 Å². The lowest BCUT2D eigenvalue weighted by atomic mass is 10.2. The molecule has 2 rings (SSSR count).